The zero-order valence-corrected chi connectivity index (χ0v) is 24.5. The van der Waals surface area contributed by atoms with Gasteiger partial charge in [-0.2, -0.15) is 0 Å². The molecule has 1 amide bonds. The molecule has 0 saturated heterocycles. The lowest BCUT2D eigenvalue weighted by Crippen LogP contribution is -2.38. The Morgan fingerprint density at radius 3 is 2.07 bits per heavy atom. The first-order valence-electron chi connectivity index (χ1n) is 12.4. The summed E-state index contributed by atoms with van der Waals surface area (Å²) in [6, 6.07) is 22.0. The highest BCUT2D eigenvalue weighted by Crippen LogP contribution is 2.31. The molecule has 4 aromatic rings. The number of methoxy groups -OCH3 is 2. The minimum atomic E-state index is -4.25. The topological polar surface area (TPSA) is 174 Å². The molecule has 0 aliphatic heterocycles. The Kier molecular flexibility index (Phi) is 9.16. The largest absolute Gasteiger partial charge is 0.497 e. The molecular formula is C28H26N4O9S2. The first-order valence-corrected chi connectivity index (χ1v) is 15.3. The zero-order valence-electron chi connectivity index (χ0n) is 22.8. The lowest BCUT2D eigenvalue weighted by molar-refractivity contribution is -0.384. The molecule has 4 rings (SSSR count). The van der Waals surface area contributed by atoms with Gasteiger partial charge in [-0.05, 0) is 60.7 Å². The van der Waals surface area contributed by atoms with E-state index in [-0.39, 0.29) is 38.3 Å². The number of nitro benzene ring substituents is 1. The van der Waals surface area contributed by atoms with Gasteiger partial charge in [0.15, 0.2) is 0 Å². The van der Waals surface area contributed by atoms with Crippen molar-refractivity contribution in [3.8, 4) is 11.5 Å². The van der Waals surface area contributed by atoms with Crippen molar-refractivity contribution in [2.45, 2.75) is 9.79 Å². The monoisotopic (exact) mass is 626 g/mol. The van der Waals surface area contributed by atoms with E-state index < -0.39 is 37.4 Å². The van der Waals surface area contributed by atoms with Crippen molar-refractivity contribution in [3.05, 3.63) is 107 Å². The van der Waals surface area contributed by atoms with Gasteiger partial charge in [0.05, 0.1) is 40.3 Å². The predicted octanol–water partition coefficient (Wildman–Crippen LogP) is 4.25. The van der Waals surface area contributed by atoms with Crippen molar-refractivity contribution >= 4 is 48.7 Å². The molecular weight excluding hydrogens is 600 g/mol. The van der Waals surface area contributed by atoms with Crippen molar-refractivity contribution in [1.29, 1.82) is 0 Å². The summed E-state index contributed by atoms with van der Waals surface area (Å²) in [7, 11) is -5.48. The van der Waals surface area contributed by atoms with Crippen LogP contribution in [0.1, 0.15) is 0 Å². The van der Waals surface area contributed by atoms with Crippen LogP contribution in [0, 0.1) is 10.1 Å². The third-order valence-corrected chi connectivity index (χ3v) is 9.24. The molecule has 2 N–H and O–H groups in total. The highest BCUT2D eigenvalue weighted by Gasteiger charge is 2.28. The molecule has 15 heteroatoms. The van der Waals surface area contributed by atoms with Crippen LogP contribution < -0.4 is 23.8 Å². The first kappa shape index (κ1) is 30.8. The van der Waals surface area contributed by atoms with Crippen molar-refractivity contribution < 1.29 is 36.0 Å². The summed E-state index contributed by atoms with van der Waals surface area (Å²) in [4.78, 5) is 23.3. The Labute approximate surface area is 247 Å². The standard InChI is InChI=1S/C28H26N4O9S2/c1-40-23-14-17-27(41-2)26(18-23)30-42(36,37)24-15-8-20(9-16-24)29-28(33)19-31(21-10-12-22(13-11-21)32(34)35)43(38,39)25-6-4-3-5-7-25/h3-18,30H,19H2,1-2H3,(H,29,33). The number of nitro groups is 1. The number of anilines is 3. The van der Waals surface area contributed by atoms with Gasteiger partial charge >= 0.3 is 0 Å². The molecule has 0 aromatic heterocycles. The van der Waals surface area contributed by atoms with Crippen LogP contribution in [-0.4, -0.2) is 48.4 Å². The van der Waals surface area contributed by atoms with Gasteiger partial charge < -0.3 is 14.8 Å². The average molecular weight is 627 g/mol. The summed E-state index contributed by atoms with van der Waals surface area (Å²) in [5, 5.41) is 13.6. The Morgan fingerprint density at radius 2 is 1.49 bits per heavy atom. The summed E-state index contributed by atoms with van der Waals surface area (Å²) in [5.41, 5.74) is 0.138. The summed E-state index contributed by atoms with van der Waals surface area (Å²) in [6.45, 7) is -0.674. The number of carbonyl (C=O) groups excluding carboxylic acids is 1. The molecule has 0 radical (unpaired) electrons. The molecule has 0 spiro atoms. The van der Waals surface area contributed by atoms with Gasteiger partial charge in [0.25, 0.3) is 25.7 Å². The second-order valence-corrected chi connectivity index (χ2v) is 12.4. The molecule has 43 heavy (non-hydrogen) atoms. The minimum absolute atomic E-state index is 0.0325. The number of ether oxygens (including phenoxy) is 2. The van der Waals surface area contributed by atoms with Crippen molar-refractivity contribution in [1.82, 2.24) is 0 Å². The second-order valence-electron chi connectivity index (χ2n) is 8.84. The van der Waals surface area contributed by atoms with Gasteiger partial charge in [-0.25, -0.2) is 16.8 Å². The number of nitrogens with zero attached hydrogens (tertiary/aromatic N) is 2. The van der Waals surface area contributed by atoms with Gasteiger partial charge in [0.2, 0.25) is 5.91 Å². The minimum Gasteiger partial charge on any atom is -0.497 e. The molecule has 0 fully saturated rings. The van der Waals surface area contributed by atoms with Gasteiger partial charge in [-0.1, -0.05) is 18.2 Å². The van der Waals surface area contributed by atoms with E-state index in [0.29, 0.717) is 5.75 Å². The van der Waals surface area contributed by atoms with Crippen LogP contribution in [0.2, 0.25) is 0 Å². The Morgan fingerprint density at radius 1 is 0.837 bits per heavy atom. The van der Waals surface area contributed by atoms with Crippen LogP contribution in [0.3, 0.4) is 0 Å². The van der Waals surface area contributed by atoms with Crippen LogP contribution >= 0.6 is 0 Å². The van der Waals surface area contributed by atoms with Crippen LogP contribution in [-0.2, 0) is 24.8 Å². The predicted molar refractivity (Wildman–Crippen MR) is 159 cm³/mol. The summed E-state index contributed by atoms with van der Waals surface area (Å²) in [6.07, 6.45) is 0. The molecule has 0 bridgehead atoms. The SMILES string of the molecule is COc1ccc(OC)c(NS(=O)(=O)c2ccc(NC(=O)CN(c3ccc([N+](=O)[O-])cc3)S(=O)(=O)c3ccccc3)cc2)c1. The molecule has 0 saturated carbocycles. The van der Waals surface area contributed by atoms with Gasteiger partial charge in [-0.15, -0.1) is 0 Å². The van der Waals surface area contributed by atoms with E-state index >= 15 is 0 Å². The van der Waals surface area contributed by atoms with E-state index in [1.807, 2.05) is 0 Å². The number of non-ortho nitro benzene ring substituents is 1. The lowest BCUT2D eigenvalue weighted by atomic mass is 10.3. The van der Waals surface area contributed by atoms with E-state index in [9.17, 15) is 31.7 Å². The quantitative estimate of drug-likeness (QED) is 0.172. The van der Waals surface area contributed by atoms with E-state index in [1.165, 1.54) is 80.9 Å². The highest BCUT2D eigenvalue weighted by molar-refractivity contribution is 7.93. The van der Waals surface area contributed by atoms with E-state index in [2.05, 4.69) is 10.0 Å². The fourth-order valence-electron chi connectivity index (χ4n) is 3.92. The highest BCUT2D eigenvalue weighted by atomic mass is 32.2. The Balaban J connectivity index is 1.54. The number of amides is 1. The third kappa shape index (κ3) is 7.20. The molecule has 0 unspecified atom stereocenters. The molecule has 224 valence electrons. The van der Waals surface area contributed by atoms with Crippen LogP contribution in [0.5, 0.6) is 11.5 Å². The van der Waals surface area contributed by atoms with Crippen LogP contribution in [0.25, 0.3) is 0 Å². The van der Waals surface area contributed by atoms with Crippen molar-refractivity contribution in [2.75, 3.05) is 35.1 Å². The summed E-state index contributed by atoms with van der Waals surface area (Å²) >= 11 is 0. The number of carbonyl (C=O) groups is 1. The normalized spacial score (nSPS) is 11.3. The summed E-state index contributed by atoms with van der Waals surface area (Å²) in [5.74, 6) is -0.0578. The lowest BCUT2D eigenvalue weighted by Gasteiger charge is -2.24. The fourth-order valence-corrected chi connectivity index (χ4v) is 6.42. The third-order valence-electron chi connectivity index (χ3n) is 6.07. The zero-order chi connectivity index (χ0) is 31.2. The number of nitrogens with one attached hydrogen (secondary N) is 2. The molecule has 0 heterocycles. The number of benzene rings is 4. The molecule has 13 nitrogen and oxygen atoms in total. The maximum absolute atomic E-state index is 13.5. The maximum atomic E-state index is 13.5. The Hall–Kier alpha value is -5.15. The number of hydrogen-bond acceptors (Lipinski definition) is 9. The van der Waals surface area contributed by atoms with E-state index in [1.54, 1.807) is 18.2 Å². The second kappa shape index (κ2) is 12.8. The number of hydrogen-bond donors (Lipinski definition) is 2. The number of sulfonamides is 2. The molecule has 0 aliphatic carbocycles. The van der Waals surface area contributed by atoms with Gasteiger partial charge in [0.1, 0.15) is 18.0 Å². The van der Waals surface area contributed by atoms with Gasteiger partial charge in [-0.3, -0.25) is 23.9 Å². The van der Waals surface area contributed by atoms with Crippen LogP contribution in [0.4, 0.5) is 22.7 Å². The van der Waals surface area contributed by atoms with E-state index in [0.717, 1.165) is 16.4 Å². The van der Waals surface area contributed by atoms with E-state index in [4.69, 9.17) is 9.47 Å². The maximum Gasteiger partial charge on any atom is 0.269 e. The molecule has 4 aromatic carbocycles. The van der Waals surface area contributed by atoms with Gasteiger partial charge in [0, 0.05) is 23.9 Å². The number of rotatable bonds is 12. The first-order chi connectivity index (χ1) is 20.4. The molecule has 0 atom stereocenters. The fraction of sp³-hybridized carbons (Fsp3) is 0.107. The molecule has 0 aliphatic rings. The van der Waals surface area contributed by atoms with Crippen molar-refractivity contribution in [2.24, 2.45) is 0 Å². The average Bonchev–Trinajstić information content (AvgIpc) is 3.00. The van der Waals surface area contributed by atoms with Crippen molar-refractivity contribution in [3.63, 3.8) is 0 Å². The Bertz CT molecular complexity index is 1830. The smallest absolute Gasteiger partial charge is 0.269 e. The summed E-state index contributed by atoms with van der Waals surface area (Å²) < 4.78 is 66.5. The van der Waals surface area contributed by atoms with Crippen LogP contribution in [0.15, 0.2) is 107 Å².